The number of ether oxygens (including phenoxy) is 1. The molecular weight excluding hydrogens is 544 g/mol. The lowest BCUT2D eigenvalue weighted by Gasteiger charge is -2.14. The number of fused-ring (bicyclic) bond motifs is 1. The highest BCUT2D eigenvalue weighted by atomic mass is 35.5. The number of anilines is 2. The van der Waals surface area contributed by atoms with Crippen LogP contribution in [0.4, 0.5) is 29.2 Å². The molecule has 9 nitrogen and oxygen atoms in total. The van der Waals surface area contributed by atoms with Gasteiger partial charge in [-0.3, -0.25) is 0 Å². The number of benzene rings is 2. The maximum absolute atomic E-state index is 13.4. The topological polar surface area (TPSA) is 107 Å². The molecule has 0 aliphatic carbocycles. The number of nitrogens with one attached hydrogen (secondary N) is 1. The van der Waals surface area contributed by atoms with E-state index < -0.39 is 12.1 Å². The van der Waals surface area contributed by atoms with Crippen LogP contribution >= 0.6 is 11.6 Å². The fourth-order valence-corrected chi connectivity index (χ4v) is 4.26. The number of aromatic nitrogens is 5. The first-order valence-electron chi connectivity index (χ1n) is 11.7. The van der Waals surface area contributed by atoms with Crippen molar-refractivity contribution in [2.24, 2.45) is 0 Å². The van der Waals surface area contributed by atoms with E-state index in [2.05, 4.69) is 15.4 Å². The van der Waals surface area contributed by atoms with Crippen molar-refractivity contribution in [1.29, 1.82) is 0 Å². The summed E-state index contributed by atoms with van der Waals surface area (Å²) in [7, 11) is 1.62. The lowest BCUT2D eigenvalue weighted by Crippen LogP contribution is -2.21. The average molecular weight is 567 g/mol. The zero-order valence-corrected chi connectivity index (χ0v) is 21.2. The third-order valence-corrected chi connectivity index (χ3v) is 6.10. The average Bonchev–Trinajstić information content (AvgIpc) is 3.45. The smallest absolute Gasteiger partial charge is 0.490 e. The second-order valence-electron chi connectivity index (χ2n) is 8.53. The normalized spacial score (nSPS) is 15.0. The second-order valence-corrected chi connectivity index (χ2v) is 8.92. The van der Waals surface area contributed by atoms with Crippen molar-refractivity contribution in [3.05, 3.63) is 77.3 Å². The van der Waals surface area contributed by atoms with E-state index in [9.17, 15) is 17.6 Å². The minimum atomic E-state index is -5.08. The summed E-state index contributed by atoms with van der Waals surface area (Å²) in [5.74, 6) is -0.824. The molecule has 39 heavy (non-hydrogen) atoms. The third kappa shape index (κ3) is 6.85. The van der Waals surface area contributed by atoms with Crippen molar-refractivity contribution in [3.63, 3.8) is 0 Å². The van der Waals surface area contributed by atoms with Gasteiger partial charge in [-0.25, -0.2) is 18.9 Å². The Morgan fingerprint density at radius 3 is 2.51 bits per heavy atom. The van der Waals surface area contributed by atoms with Crippen molar-refractivity contribution < 1.29 is 32.2 Å². The summed E-state index contributed by atoms with van der Waals surface area (Å²) in [4.78, 5) is 17.7. The first kappa shape index (κ1) is 27.9. The highest BCUT2D eigenvalue weighted by Gasteiger charge is 2.38. The van der Waals surface area contributed by atoms with E-state index in [-0.39, 0.29) is 11.7 Å². The summed E-state index contributed by atoms with van der Waals surface area (Å²) in [6, 6.07) is 12.4. The van der Waals surface area contributed by atoms with Crippen LogP contribution in [0.3, 0.4) is 0 Å². The fraction of sp³-hybridized carbons (Fsp3) is 0.280. The molecule has 0 saturated heterocycles. The molecule has 0 saturated carbocycles. The van der Waals surface area contributed by atoms with Gasteiger partial charge in [0.05, 0.1) is 12.8 Å². The van der Waals surface area contributed by atoms with E-state index in [0.717, 1.165) is 48.6 Å². The Morgan fingerprint density at radius 2 is 1.90 bits per heavy atom. The number of aliphatic carboxylic acids is 1. The van der Waals surface area contributed by atoms with Crippen LogP contribution in [0.5, 0.6) is 5.75 Å². The maximum Gasteiger partial charge on any atom is 0.490 e. The summed E-state index contributed by atoms with van der Waals surface area (Å²) in [6.45, 7) is 0.811. The van der Waals surface area contributed by atoms with Gasteiger partial charge in [-0.1, -0.05) is 30.2 Å². The molecule has 2 N–H and O–H groups in total. The highest BCUT2D eigenvalue weighted by Crippen LogP contribution is 2.33. The zero-order chi connectivity index (χ0) is 28.2. The number of carbonyl (C=O) groups is 1. The van der Waals surface area contributed by atoms with Crippen molar-refractivity contribution in [2.45, 2.75) is 37.9 Å². The van der Waals surface area contributed by atoms with Crippen LogP contribution in [0.2, 0.25) is 5.15 Å². The number of imidazole rings is 1. The predicted octanol–water partition coefficient (Wildman–Crippen LogP) is 5.96. The molecule has 1 atom stereocenters. The minimum absolute atomic E-state index is 0.0871. The molecule has 0 radical (unpaired) electrons. The van der Waals surface area contributed by atoms with Gasteiger partial charge in [-0.2, -0.15) is 18.2 Å². The van der Waals surface area contributed by atoms with Gasteiger partial charge in [0, 0.05) is 30.4 Å². The number of aryl methyl sites for hydroxylation is 1. The number of halogens is 5. The number of carboxylic acid groups (broad SMARTS) is 1. The molecule has 14 heteroatoms. The minimum Gasteiger partial charge on any atom is -0.494 e. The van der Waals surface area contributed by atoms with Crippen LogP contribution < -0.4 is 10.1 Å². The number of rotatable bonds is 5. The largest absolute Gasteiger partial charge is 0.494 e. The van der Waals surface area contributed by atoms with Crippen LogP contribution in [-0.2, 0) is 11.3 Å². The maximum atomic E-state index is 13.4. The standard InChI is InChI=1S/C23H22ClFN6O.C2HF3O2/c1-32-20-12-17(9-10-19(20)30-13-21(24)26-14-30)27-23-28-22-18(4-2-3-11-31(22)29-23)15-5-7-16(25)8-6-15;3-2(4,5)1(6)7/h5-10,12-14,18H,2-4,11H2,1H3,(H,27,29);(H,6,7). The first-order valence-corrected chi connectivity index (χ1v) is 12.1. The van der Waals surface area contributed by atoms with Gasteiger partial charge in [0.2, 0.25) is 5.95 Å². The van der Waals surface area contributed by atoms with Crippen LogP contribution in [0.1, 0.15) is 36.6 Å². The van der Waals surface area contributed by atoms with E-state index >= 15 is 0 Å². The van der Waals surface area contributed by atoms with Crippen molar-refractivity contribution in [2.75, 3.05) is 12.4 Å². The quantitative estimate of drug-likeness (QED) is 0.287. The molecule has 1 aliphatic rings. The van der Waals surface area contributed by atoms with Gasteiger partial charge >= 0.3 is 12.1 Å². The summed E-state index contributed by atoms with van der Waals surface area (Å²) >= 11 is 5.95. The molecule has 0 fully saturated rings. The van der Waals surface area contributed by atoms with E-state index in [1.54, 1.807) is 24.2 Å². The molecule has 3 heterocycles. The van der Waals surface area contributed by atoms with Gasteiger partial charge in [0.15, 0.2) is 0 Å². The van der Waals surface area contributed by atoms with Crippen LogP contribution in [0.25, 0.3) is 5.69 Å². The van der Waals surface area contributed by atoms with Crippen LogP contribution in [0.15, 0.2) is 55.0 Å². The molecule has 2 aromatic carbocycles. The molecule has 0 bridgehead atoms. The molecule has 4 aromatic rings. The molecule has 206 valence electrons. The van der Waals surface area contributed by atoms with Gasteiger partial charge in [-0.15, -0.1) is 5.10 Å². The Bertz CT molecular complexity index is 1440. The number of hydrogen-bond donors (Lipinski definition) is 2. The molecule has 1 unspecified atom stereocenters. The Morgan fingerprint density at radius 1 is 1.18 bits per heavy atom. The van der Waals surface area contributed by atoms with E-state index in [4.69, 9.17) is 31.2 Å². The van der Waals surface area contributed by atoms with Gasteiger partial charge in [0.1, 0.15) is 28.9 Å². The Labute approximate surface area is 225 Å². The number of methoxy groups -OCH3 is 1. The summed E-state index contributed by atoms with van der Waals surface area (Å²) in [5, 5.41) is 15.5. The Hall–Kier alpha value is -4.13. The van der Waals surface area contributed by atoms with Crippen molar-refractivity contribution in [3.8, 4) is 11.4 Å². The number of alkyl halides is 3. The lowest BCUT2D eigenvalue weighted by atomic mass is 9.93. The SMILES string of the molecule is COc1cc(Nc2nc3n(n2)CCCCC3c2ccc(F)cc2)ccc1-n1cnc(Cl)c1.O=C(O)C(F)(F)F. The third-order valence-electron chi connectivity index (χ3n) is 5.90. The zero-order valence-electron chi connectivity index (χ0n) is 20.5. The molecule has 5 rings (SSSR count). The van der Waals surface area contributed by atoms with E-state index in [1.807, 2.05) is 35.0 Å². The second kappa shape index (κ2) is 11.7. The summed E-state index contributed by atoms with van der Waals surface area (Å²) < 4.78 is 54.5. The van der Waals surface area contributed by atoms with Crippen molar-refractivity contribution >= 4 is 29.2 Å². The Kier molecular flexibility index (Phi) is 8.38. The number of nitrogens with zero attached hydrogens (tertiary/aromatic N) is 5. The van der Waals surface area contributed by atoms with Crippen LogP contribution in [-0.4, -0.2) is 48.7 Å². The number of carboxylic acids is 1. The van der Waals surface area contributed by atoms with Gasteiger partial charge < -0.3 is 19.7 Å². The molecule has 0 spiro atoms. The van der Waals surface area contributed by atoms with E-state index in [1.165, 1.54) is 12.1 Å². The van der Waals surface area contributed by atoms with Gasteiger partial charge in [0.25, 0.3) is 0 Å². The number of hydrogen-bond acceptors (Lipinski definition) is 6. The highest BCUT2D eigenvalue weighted by molar-refractivity contribution is 6.29. The van der Waals surface area contributed by atoms with Crippen molar-refractivity contribution in [1.82, 2.24) is 24.3 Å². The lowest BCUT2D eigenvalue weighted by molar-refractivity contribution is -0.192. The first-order chi connectivity index (χ1) is 18.5. The Balaban J connectivity index is 0.000000448. The predicted molar refractivity (Wildman–Crippen MR) is 134 cm³/mol. The summed E-state index contributed by atoms with van der Waals surface area (Å²) in [6.07, 6.45) is 1.34. The molecule has 2 aromatic heterocycles. The van der Waals surface area contributed by atoms with E-state index in [0.29, 0.717) is 16.9 Å². The fourth-order valence-electron chi connectivity index (χ4n) is 4.11. The molecule has 0 amide bonds. The summed E-state index contributed by atoms with van der Waals surface area (Å²) in [5.41, 5.74) is 2.68. The van der Waals surface area contributed by atoms with Gasteiger partial charge in [-0.05, 0) is 42.7 Å². The molecular formula is C25H23ClF4N6O3. The monoisotopic (exact) mass is 566 g/mol. The van der Waals surface area contributed by atoms with Crippen LogP contribution in [0, 0.1) is 5.82 Å². The molecule has 1 aliphatic heterocycles.